The first-order chi connectivity index (χ1) is 20.0. The molecule has 2 amide bonds. The Labute approximate surface area is 245 Å². The number of hydrogen-bond acceptors (Lipinski definition) is 6. The summed E-state index contributed by atoms with van der Waals surface area (Å²) in [5.41, 5.74) is 2.69. The predicted molar refractivity (Wildman–Crippen MR) is 158 cm³/mol. The van der Waals surface area contributed by atoms with Crippen molar-refractivity contribution < 1.29 is 28.7 Å². The second kappa shape index (κ2) is 11.0. The fraction of sp³-hybridized carbons (Fsp3) is 0.286. The third-order valence-electron chi connectivity index (χ3n) is 8.32. The molecule has 0 saturated carbocycles. The number of rotatable bonds is 7. The lowest BCUT2D eigenvalue weighted by atomic mass is 9.64. The molecule has 1 aliphatic carbocycles. The standard InChI is InChI=1S/C35H33NO6/c1-6-42-33(40)31-27(32(39)25-14-9-21(3)10-15-25)18-26(19-30(38)24-12-7-20(2)8-13-24)35(31)28-17-22(4)11-16-29(28)36(23(5)37)34(35)41/h7-18,26,31H,6,19H2,1-5H3/t26-,31-,35-/m0/s1. The lowest BCUT2D eigenvalue weighted by molar-refractivity contribution is -0.152. The number of allylic oxidation sites excluding steroid dienone is 1. The molecule has 3 atom stereocenters. The third-order valence-corrected chi connectivity index (χ3v) is 8.32. The molecular formula is C35H33NO6. The molecule has 0 radical (unpaired) electrons. The van der Waals surface area contributed by atoms with Crippen LogP contribution in [0.5, 0.6) is 0 Å². The number of carbonyl (C=O) groups is 5. The molecule has 3 aromatic rings. The highest BCUT2D eigenvalue weighted by atomic mass is 16.5. The van der Waals surface area contributed by atoms with Crippen molar-refractivity contribution in [2.24, 2.45) is 11.8 Å². The molecule has 0 unspecified atom stereocenters. The number of carbonyl (C=O) groups excluding carboxylic acids is 5. The van der Waals surface area contributed by atoms with Gasteiger partial charge in [-0.2, -0.15) is 0 Å². The van der Waals surface area contributed by atoms with Crippen molar-refractivity contribution in [3.8, 4) is 0 Å². The number of fused-ring (bicyclic) bond motifs is 2. The summed E-state index contributed by atoms with van der Waals surface area (Å²) < 4.78 is 5.52. The molecule has 7 nitrogen and oxygen atoms in total. The summed E-state index contributed by atoms with van der Waals surface area (Å²) in [6.07, 6.45) is 1.44. The van der Waals surface area contributed by atoms with E-state index in [0.717, 1.165) is 21.6 Å². The van der Waals surface area contributed by atoms with Gasteiger partial charge < -0.3 is 4.74 Å². The Morgan fingerprint density at radius 2 is 1.40 bits per heavy atom. The highest BCUT2D eigenvalue weighted by Gasteiger charge is 2.67. The van der Waals surface area contributed by atoms with Gasteiger partial charge in [-0.1, -0.05) is 83.4 Å². The largest absolute Gasteiger partial charge is 0.465 e. The van der Waals surface area contributed by atoms with E-state index in [1.807, 2.05) is 32.9 Å². The summed E-state index contributed by atoms with van der Waals surface area (Å²) in [7, 11) is 0. The van der Waals surface area contributed by atoms with Gasteiger partial charge in [-0.25, -0.2) is 4.90 Å². The Morgan fingerprint density at radius 1 is 0.833 bits per heavy atom. The van der Waals surface area contributed by atoms with Crippen molar-refractivity contribution in [3.05, 3.63) is 112 Å². The number of benzene rings is 3. The van der Waals surface area contributed by atoms with Crippen LogP contribution in [0.2, 0.25) is 0 Å². The number of ketones is 2. The van der Waals surface area contributed by atoms with E-state index in [9.17, 15) is 24.0 Å². The minimum Gasteiger partial charge on any atom is -0.465 e. The summed E-state index contributed by atoms with van der Waals surface area (Å²) in [5.74, 6) is -4.85. The van der Waals surface area contributed by atoms with E-state index in [0.29, 0.717) is 22.4 Å². The molecule has 42 heavy (non-hydrogen) atoms. The van der Waals surface area contributed by atoms with E-state index in [4.69, 9.17) is 4.74 Å². The first-order valence-corrected chi connectivity index (χ1v) is 14.1. The zero-order valence-electron chi connectivity index (χ0n) is 24.4. The summed E-state index contributed by atoms with van der Waals surface area (Å²) in [6, 6.07) is 19.3. The van der Waals surface area contributed by atoms with Gasteiger partial charge in [0.2, 0.25) is 11.8 Å². The van der Waals surface area contributed by atoms with Crippen molar-refractivity contribution >= 4 is 35.0 Å². The van der Waals surface area contributed by atoms with Crippen LogP contribution in [0.15, 0.2) is 78.4 Å². The van der Waals surface area contributed by atoms with E-state index >= 15 is 0 Å². The van der Waals surface area contributed by atoms with Gasteiger partial charge in [-0.15, -0.1) is 0 Å². The second-order valence-corrected chi connectivity index (χ2v) is 11.2. The zero-order valence-corrected chi connectivity index (χ0v) is 24.4. The van der Waals surface area contributed by atoms with Crippen molar-refractivity contribution in [1.29, 1.82) is 0 Å². The molecule has 214 valence electrons. The summed E-state index contributed by atoms with van der Waals surface area (Å²) >= 11 is 0. The number of Topliss-reactive ketones (excluding diaryl/α,β-unsaturated/α-hetero) is 2. The maximum absolute atomic E-state index is 14.6. The van der Waals surface area contributed by atoms with Crippen LogP contribution in [0.4, 0.5) is 5.69 Å². The van der Waals surface area contributed by atoms with Crippen LogP contribution in [0.1, 0.15) is 63.2 Å². The van der Waals surface area contributed by atoms with Crippen LogP contribution in [0, 0.1) is 32.6 Å². The van der Waals surface area contributed by atoms with Gasteiger partial charge in [-0.3, -0.25) is 24.0 Å². The molecule has 2 aliphatic rings. The monoisotopic (exact) mass is 563 g/mol. The number of esters is 1. The van der Waals surface area contributed by atoms with Crippen molar-refractivity contribution in [1.82, 2.24) is 0 Å². The van der Waals surface area contributed by atoms with Gasteiger partial charge in [0.05, 0.1) is 12.3 Å². The molecular weight excluding hydrogens is 530 g/mol. The first-order valence-electron chi connectivity index (χ1n) is 14.1. The molecule has 1 spiro atoms. The number of nitrogens with zero attached hydrogens (tertiary/aromatic N) is 1. The SMILES string of the molecule is CCOC(=O)[C@@H]1C(C(=O)c2ccc(C)cc2)=C[C@@H](CC(=O)c2ccc(C)cc2)[C@@]12C(=O)N(C(C)=O)c1ccc(C)cc12. The van der Waals surface area contributed by atoms with Gasteiger partial charge in [0, 0.05) is 36.0 Å². The second-order valence-electron chi connectivity index (χ2n) is 11.2. The molecule has 0 fully saturated rings. The van der Waals surface area contributed by atoms with Crippen LogP contribution in [-0.2, 0) is 24.5 Å². The molecule has 3 aromatic carbocycles. The number of amides is 2. The molecule has 0 aromatic heterocycles. The lowest BCUT2D eigenvalue weighted by Crippen LogP contribution is -2.52. The average Bonchev–Trinajstić information content (AvgIpc) is 3.42. The van der Waals surface area contributed by atoms with Gasteiger partial charge >= 0.3 is 5.97 Å². The number of ether oxygens (including phenoxy) is 1. The maximum atomic E-state index is 14.6. The summed E-state index contributed by atoms with van der Waals surface area (Å²) in [4.78, 5) is 70.4. The van der Waals surface area contributed by atoms with Crippen LogP contribution in [-0.4, -0.2) is 36.0 Å². The molecule has 0 N–H and O–H groups in total. The fourth-order valence-electron chi connectivity index (χ4n) is 6.33. The number of imide groups is 1. The van der Waals surface area contributed by atoms with Gasteiger partial charge in [0.1, 0.15) is 11.3 Å². The van der Waals surface area contributed by atoms with Crippen molar-refractivity contribution in [2.45, 2.75) is 46.5 Å². The molecule has 1 heterocycles. The highest BCUT2D eigenvalue weighted by molar-refractivity contribution is 6.26. The predicted octanol–water partition coefficient (Wildman–Crippen LogP) is 5.63. The van der Waals surface area contributed by atoms with E-state index < -0.39 is 40.8 Å². The number of aryl methyl sites for hydroxylation is 3. The topological polar surface area (TPSA) is 97.8 Å². The maximum Gasteiger partial charge on any atom is 0.315 e. The van der Waals surface area contributed by atoms with E-state index in [1.54, 1.807) is 67.6 Å². The molecule has 0 saturated heterocycles. The third kappa shape index (κ3) is 4.59. The summed E-state index contributed by atoms with van der Waals surface area (Å²) in [6.45, 7) is 8.63. The quantitative estimate of drug-likeness (QED) is 0.273. The molecule has 7 heteroatoms. The minimum atomic E-state index is -1.73. The highest BCUT2D eigenvalue weighted by Crippen LogP contribution is 2.59. The van der Waals surface area contributed by atoms with E-state index in [1.165, 1.54) is 6.92 Å². The Hall–Kier alpha value is -4.65. The van der Waals surface area contributed by atoms with Crippen LogP contribution < -0.4 is 4.90 Å². The van der Waals surface area contributed by atoms with Gasteiger partial charge in [0.15, 0.2) is 11.6 Å². The smallest absolute Gasteiger partial charge is 0.315 e. The first kappa shape index (κ1) is 28.9. The number of hydrogen-bond donors (Lipinski definition) is 0. The van der Waals surface area contributed by atoms with Crippen LogP contribution >= 0.6 is 0 Å². The molecule has 0 bridgehead atoms. The Balaban J connectivity index is 1.76. The van der Waals surface area contributed by atoms with Gasteiger partial charge in [-0.05, 0) is 39.3 Å². The molecule has 5 rings (SSSR count). The Bertz CT molecular complexity index is 1650. The average molecular weight is 564 g/mol. The van der Waals surface area contributed by atoms with E-state index in [2.05, 4.69) is 0 Å². The Kier molecular flexibility index (Phi) is 7.54. The molecule has 1 aliphatic heterocycles. The number of anilines is 1. The minimum absolute atomic E-state index is 0.0235. The Morgan fingerprint density at radius 3 is 1.98 bits per heavy atom. The normalized spacial score (nSPS) is 20.8. The van der Waals surface area contributed by atoms with Crippen molar-refractivity contribution in [2.75, 3.05) is 11.5 Å². The van der Waals surface area contributed by atoms with Crippen LogP contribution in [0.25, 0.3) is 0 Å². The van der Waals surface area contributed by atoms with E-state index in [-0.39, 0.29) is 24.4 Å². The van der Waals surface area contributed by atoms with Gasteiger partial charge in [0.25, 0.3) is 0 Å². The van der Waals surface area contributed by atoms with Crippen LogP contribution in [0.3, 0.4) is 0 Å². The van der Waals surface area contributed by atoms with Crippen molar-refractivity contribution in [3.63, 3.8) is 0 Å². The fourth-order valence-corrected chi connectivity index (χ4v) is 6.33. The zero-order chi connectivity index (χ0) is 30.3. The lowest BCUT2D eigenvalue weighted by Gasteiger charge is -2.35. The summed E-state index contributed by atoms with van der Waals surface area (Å²) in [5, 5.41) is 0.